The summed E-state index contributed by atoms with van der Waals surface area (Å²) in [4.78, 5) is 20.0. The maximum absolute atomic E-state index is 12.9. The first-order valence-electron chi connectivity index (χ1n) is 10.6. The molecule has 1 aliphatic rings. The molecule has 0 bridgehead atoms. The number of morpholine rings is 1. The average Bonchev–Trinajstić information content (AvgIpc) is 3.20. The molecule has 9 heteroatoms. The smallest absolute Gasteiger partial charge is 0.379 e. The van der Waals surface area contributed by atoms with E-state index in [2.05, 4.69) is 21.3 Å². The number of ether oxygens (including phenoxy) is 1. The quantitative estimate of drug-likeness (QED) is 0.551. The van der Waals surface area contributed by atoms with E-state index in [0.29, 0.717) is 27.7 Å². The van der Waals surface area contributed by atoms with Gasteiger partial charge in [-0.15, -0.1) is 11.3 Å². The highest BCUT2D eigenvalue weighted by atomic mass is 32.1. The molecular formula is C24H24F3N3O2S. The van der Waals surface area contributed by atoms with Gasteiger partial charge in [0.2, 0.25) is 0 Å². The number of carbonyl (C=O) groups is 1. The number of benzene rings is 2. The normalized spacial score (nSPS) is 14.9. The summed E-state index contributed by atoms with van der Waals surface area (Å²) in [5.41, 5.74) is 2.59. The Bertz CT molecular complexity index is 1110. The van der Waals surface area contributed by atoms with Gasteiger partial charge in [-0.25, -0.2) is 4.98 Å². The highest BCUT2D eigenvalue weighted by Crippen LogP contribution is 2.33. The molecular weight excluding hydrogens is 451 g/mol. The molecule has 1 N–H and O–H groups in total. The van der Waals surface area contributed by atoms with Crippen molar-refractivity contribution in [1.82, 2.24) is 15.2 Å². The number of carbonyl (C=O) groups excluding carboxylic acids is 1. The highest BCUT2D eigenvalue weighted by molar-refractivity contribution is 7.17. The second-order valence-corrected chi connectivity index (χ2v) is 8.85. The van der Waals surface area contributed by atoms with Crippen LogP contribution in [0.4, 0.5) is 13.2 Å². The molecule has 2 heterocycles. The minimum Gasteiger partial charge on any atom is -0.379 e. The van der Waals surface area contributed by atoms with Crippen molar-refractivity contribution in [2.24, 2.45) is 0 Å². The highest BCUT2D eigenvalue weighted by Gasteiger charge is 2.30. The van der Waals surface area contributed by atoms with Crippen LogP contribution in [0, 0.1) is 6.92 Å². The summed E-state index contributed by atoms with van der Waals surface area (Å²) in [6, 6.07) is 12.8. The Morgan fingerprint density at radius 1 is 1.09 bits per heavy atom. The van der Waals surface area contributed by atoms with Gasteiger partial charge in [-0.2, -0.15) is 13.2 Å². The first-order valence-corrected chi connectivity index (χ1v) is 11.4. The first kappa shape index (κ1) is 23.4. The number of nitrogens with one attached hydrogen (secondary N) is 1. The fraction of sp³-hybridized carbons (Fsp3) is 0.333. The fourth-order valence-electron chi connectivity index (χ4n) is 3.67. The Labute approximate surface area is 194 Å². The van der Waals surface area contributed by atoms with E-state index in [9.17, 15) is 18.0 Å². The summed E-state index contributed by atoms with van der Waals surface area (Å²) in [6.45, 7) is 6.13. The summed E-state index contributed by atoms with van der Waals surface area (Å²) in [6.07, 6.45) is -4.39. The van der Waals surface area contributed by atoms with Gasteiger partial charge in [-0.1, -0.05) is 36.4 Å². The van der Waals surface area contributed by atoms with E-state index in [1.54, 1.807) is 6.92 Å². The summed E-state index contributed by atoms with van der Waals surface area (Å²) in [7, 11) is 0. The Morgan fingerprint density at radius 2 is 1.76 bits per heavy atom. The molecule has 1 fully saturated rings. The maximum Gasteiger partial charge on any atom is 0.416 e. The number of nitrogens with zero attached hydrogens (tertiary/aromatic N) is 2. The number of aromatic nitrogens is 1. The molecule has 1 amide bonds. The second kappa shape index (κ2) is 10.0. The van der Waals surface area contributed by atoms with E-state index in [1.165, 1.54) is 23.5 Å². The van der Waals surface area contributed by atoms with Crippen LogP contribution in [0.15, 0.2) is 48.5 Å². The molecule has 0 radical (unpaired) electrons. The Morgan fingerprint density at radius 3 is 2.42 bits per heavy atom. The van der Waals surface area contributed by atoms with Crippen LogP contribution in [-0.4, -0.2) is 42.1 Å². The van der Waals surface area contributed by atoms with Crippen LogP contribution in [0.25, 0.3) is 10.6 Å². The molecule has 33 heavy (non-hydrogen) atoms. The van der Waals surface area contributed by atoms with E-state index in [0.717, 1.165) is 56.1 Å². The topological polar surface area (TPSA) is 54.5 Å². The van der Waals surface area contributed by atoms with E-state index in [1.807, 2.05) is 18.2 Å². The SMILES string of the molecule is Cc1nc(-c2ccc(C(F)(F)F)cc2)sc1C(=O)NCc1ccccc1CN1CCOCC1. The second-order valence-electron chi connectivity index (χ2n) is 7.85. The number of alkyl halides is 3. The summed E-state index contributed by atoms with van der Waals surface area (Å²) in [5, 5.41) is 3.48. The Hall–Kier alpha value is -2.75. The van der Waals surface area contributed by atoms with Crippen LogP contribution < -0.4 is 5.32 Å². The standard InChI is InChI=1S/C24H24F3N3O2S/c1-16-21(33-23(29-16)17-6-8-20(9-7-17)24(25,26)27)22(31)28-14-18-4-2-3-5-19(18)15-30-10-12-32-13-11-30/h2-9H,10-15H2,1H3,(H,28,31). The van der Waals surface area contributed by atoms with Gasteiger partial charge in [0.1, 0.15) is 9.88 Å². The number of thiazole rings is 1. The number of amides is 1. The zero-order chi connectivity index (χ0) is 23.4. The largest absolute Gasteiger partial charge is 0.416 e. The number of hydrogen-bond donors (Lipinski definition) is 1. The van der Waals surface area contributed by atoms with Crippen LogP contribution in [0.3, 0.4) is 0 Å². The average molecular weight is 476 g/mol. The van der Waals surface area contributed by atoms with Gasteiger partial charge in [-0.3, -0.25) is 9.69 Å². The molecule has 1 aliphatic heterocycles. The van der Waals surface area contributed by atoms with Gasteiger partial charge in [0.15, 0.2) is 0 Å². The predicted molar refractivity (Wildman–Crippen MR) is 121 cm³/mol. The third-order valence-electron chi connectivity index (χ3n) is 5.52. The first-order chi connectivity index (χ1) is 15.8. The zero-order valence-corrected chi connectivity index (χ0v) is 18.9. The van der Waals surface area contributed by atoms with Crippen molar-refractivity contribution in [3.63, 3.8) is 0 Å². The lowest BCUT2D eigenvalue weighted by molar-refractivity contribution is -0.137. The number of hydrogen-bond acceptors (Lipinski definition) is 5. The summed E-state index contributed by atoms with van der Waals surface area (Å²) < 4.78 is 43.8. The van der Waals surface area contributed by atoms with Crippen LogP contribution in [0.5, 0.6) is 0 Å². The molecule has 174 valence electrons. The molecule has 1 aromatic heterocycles. The van der Waals surface area contributed by atoms with Crippen LogP contribution in [-0.2, 0) is 24.0 Å². The number of aryl methyl sites for hydroxylation is 1. The molecule has 0 saturated carbocycles. The summed E-state index contributed by atoms with van der Waals surface area (Å²) >= 11 is 1.18. The van der Waals surface area contributed by atoms with E-state index >= 15 is 0 Å². The lowest BCUT2D eigenvalue weighted by Crippen LogP contribution is -2.36. The van der Waals surface area contributed by atoms with Crippen LogP contribution >= 0.6 is 11.3 Å². The minimum absolute atomic E-state index is 0.246. The molecule has 0 spiro atoms. The minimum atomic E-state index is -4.39. The lowest BCUT2D eigenvalue weighted by atomic mass is 10.1. The third kappa shape index (κ3) is 5.79. The number of rotatable bonds is 6. The Kier molecular flexibility index (Phi) is 7.11. The van der Waals surface area contributed by atoms with Crippen molar-refractivity contribution < 1.29 is 22.7 Å². The van der Waals surface area contributed by atoms with Gasteiger partial charge in [0, 0.05) is 31.7 Å². The maximum atomic E-state index is 12.9. The van der Waals surface area contributed by atoms with Crippen LogP contribution in [0.2, 0.25) is 0 Å². The third-order valence-corrected chi connectivity index (χ3v) is 6.72. The molecule has 0 unspecified atom stereocenters. The van der Waals surface area contributed by atoms with E-state index in [-0.39, 0.29) is 5.91 Å². The van der Waals surface area contributed by atoms with E-state index < -0.39 is 11.7 Å². The molecule has 4 rings (SSSR count). The van der Waals surface area contributed by atoms with Crippen molar-refractivity contribution in [3.8, 4) is 10.6 Å². The molecule has 5 nitrogen and oxygen atoms in total. The molecule has 0 atom stereocenters. The van der Waals surface area contributed by atoms with Crippen LogP contribution in [0.1, 0.15) is 32.1 Å². The summed E-state index contributed by atoms with van der Waals surface area (Å²) in [5.74, 6) is -0.246. The molecule has 0 aliphatic carbocycles. The molecule has 2 aromatic carbocycles. The fourth-order valence-corrected chi connectivity index (χ4v) is 4.66. The zero-order valence-electron chi connectivity index (χ0n) is 18.1. The van der Waals surface area contributed by atoms with Gasteiger partial charge in [0.05, 0.1) is 24.5 Å². The predicted octanol–water partition coefficient (Wildman–Crippen LogP) is 4.90. The monoisotopic (exact) mass is 475 g/mol. The van der Waals surface area contributed by atoms with Crippen molar-refractivity contribution in [2.45, 2.75) is 26.2 Å². The van der Waals surface area contributed by atoms with Crippen molar-refractivity contribution in [3.05, 3.63) is 75.8 Å². The Balaban J connectivity index is 1.43. The van der Waals surface area contributed by atoms with Gasteiger partial charge in [0.25, 0.3) is 5.91 Å². The van der Waals surface area contributed by atoms with E-state index in [4.69, 9.17) is 4.74 Å². The molecule has 3 aromatic rings. The molecule has 1 saturated heterocycles. The van der Waals surface area contributed by atoms with Crippen molar-refractivity contribution in [1.29, 1.82) is 0 Å². The lowest BCUT2D eigenvalue weighted by Gasteiger charge is -2.27. The van der Waals surface area contributed by atoms with Crippen molar-refractivity contribution in [2.75, 3.05) is 26.3 Å². The van der Waals surface area contributed by atoms with Gasteiger partial charge >= 0.3 is 6.18 Å². The van der Waals surface area contributed by atoms with Gasteiger partial charge in [-0.05, 0) is 30.2 Å². The van der Waals surface area contributed by atoms with Crippen molar-refractivity contribution >= 4 is 17.2 Å². The number of halogens is 3. The van der Waals surface area contributed by atoms with Gasteiger partial charge < -0.3 is 10.1 Å².